The monoisotopic (exact) mass is 446 g/mol. The Kier molecular flexibility index (Phi) is 5.81. The average Bonchev–Trinajstić information content (AvgIpc) is 3.24. The Balaban J connectivity index is 1.17. The number of nitriles is 1. The first kappa shape index (κ1) is 21.9. The van der Waals surface area contributed by atoms with Crippen molar-refractivity contribution < 1.29 is 14.6 Å². The third kappa shape index (κ3) is 4.46. The van der Waals surface area contributed by atoms with Crippen LogP contribution in [0.2, 0.25) is 0 Å². The average molecular weight is 447 g/mol. The highest BCUT2D eigenvalue weighted by Crippen LogP contribution is 2.41. The number of rotatable bonds is 4. The number of anilines is 1. The Labute approximate surface area is 194 Å². The van der Waals surface area contributed by atoms with Gasteiger partial charge < -0.3 is 19.6 Å². The van der Waals surface area contributed by atoms with E-state index in [0.717, 1.165) is 62.4 Å². The maximum Gasteiger partial charge on any atom is 0.338 e. The number of piperidine rings is 1. The van der Waals surface area contributed by atoms with E-state index >= 15 is 0 Å². The van der Waals surface area contributed by atoms with Crippen LogP contribution in [0, 0.1) is 16.7 Å². The topological polar surface area (TPSA) is 89.7 Å². The van der Waals surface area contributed by atoms with Crippen molar-refractivity contribution in [3.8, 4) is 6.07 Å². The first-order valence-corrected chi connectivity index (χ1v) is 11.8. The lowest BCUT2D eigenvalue weighted by Crippen LogP contribution is -2.43. The molecule has 1 aromatic heterocycles. The quantitative estimate of drug-likeness (QED) is 0.722. The Morgan fingerprint density at radius 2 is 2.03 bits per heavy atom. The fraction of sp³-hybridized carbons (Fsp3) is 0.500. The van der Waals surface area contributed by atoms with E-state index in [1.54, 1.807) is 12.3 Å². The van der Waals surface area contributed by atoms with E-state index in [0.29, 0.717) is 29.5 Å². The molecule has 2 unspecified atom stereocenters. The second-order valence-corrected chi connectivity index (χ2v) is 9.84. The number of carbonyl (C=O) groups is 1. The first-order chi connectivity index (χ1) is 15.9. The second-order valence-electron chi connectivity index (χ2n) is 9.84. The summed E-state index contributed by atoms with van der Waals surface area (Å²) in [6.07, 6.45) is 5.03. The SMILES string of the molecule is CC1Cc2cc(C(O)CN3CCC4(CC3)CCN(c3ccc(C#N)cn3)C4)ccc2C(=O)O1. The predicted octanol–water partition coefficient (Wildman–Crippen LogP) is 3.08. The highest BCUT2D eigenvalue weighted by Gasteiger charge is 2.41. The molecular formula is C26H30N4O3. The molecule has 33 heavy (non-hydrogen) atoms. The maximum absolute atomic E-state index is 12.0. The van der Waals surface area contributed by atoms with Gasteiger partial charge in [0.15, 0.2) is 0 Å². The van der Waals surface area contributed by atoms with Gasteiger partial charge in [-0.05, 0) is 74.0 Å². The van der Waals surface area contributed by atoms with Crippen molar-refractivity contribution in [3.63, 3.8) is 0 Å². The van der Waals surface area contributed by atoms with Gasteiger partial charge in [0.2, 0.25) is 0 Å². The van der Waals surface area contributed by atoms with Gasteiger partial charge in [-0.15, -0.1) is 0 Å². The largest absolute Gasteiger partial charge is 0.459 e. The number of aliphatic hydroxyl groups excluding tert-OH is 1. The van der Waals surface area contributed by atoms with Crippen LogP contribution in [0.3, 0.4) is 0 Å². The Morgan fingerprint density at radius 1 is 1.24 bits per heavy atom. The van der Waals surface area contributed by atoms with Crippen LogP contribution in [-0.2, 0) is 11.2 Å². The molecule has 2 saturated heterocycles. The van der Waals surface area contributed by atoms with Crippen LogP contribution in [0.1, 0.15) is 59.3 Å². The van der Waals surface area contributed by atoms with Crippen molar-refractivity contribution in [1.82, 2.24) is 9.88 Å². The molecule has 1 spiro atoms. The Bertz CT molecular complexity index is 1070. The summed E-state index contributed by atoms with van der Waals surface area (Å²) in [6.45, 7) is 6.45. The highest BCUT2D eigenvalue weighted by molar-refractivity contribution is 5.92. The third-order valence-corrected chi connectivity index (χ3v) is 7.54. The molecule has 0 radical (unpaired) electrons. The lowest BCUT2D eigenvalue weighted by Gasteiger charge is -2.40. The van der Waals surface area contributed by atoms with E-state index in [1.807, 2.05) is 31.2 Å². The number of aromatic nitrogens is 1. The molecular weight excluding hydrogens is 416 g/mol. The number of carbonyl (C=O) groups excluding carboxylic acids is 1. The Hall–Kier alpha value is -2.95. The normalized spacial score (nSPS) is 23.1. The van der Waals surface area contributed by atoms with Gasteiger partial charge >= 0.3 is 5.97 Å². The second kappa shape index (κ2) is 8.77. The minimum Gasteiger partial charge on any atom is -0.459 e. The van der Waals surface area contributed by atoms with Gasteiger partial charge in [0.1, 0.15) is 18.0 Å². The van der Waals surface area contributed by atoms with Gasteiger partial charge in [0.25, 0.3) is 0 Å². The number of β-amino-alcohol motifs (C(OH)–C–C–N with tert-alkyl or cyclic N) is 1. The van der Waals surface area contributed by atoms with Crippen molar-refractivity contribution in [2.24, 2.45) is 5.41 Å². The number of pyridine rings is 1. The molecule has 2 aromatic rings. The summed E-state index contributed by atoms with van der Waals surface area (Å²) in [4.78, 5) is 21.2. The number of ether oxygens (including phenoxy) is 1. The molecule has 7 heteroatoms. The van der Waals surface area contributed by atoms with Crippen LogP contribution in [0.25, 0.3) is 0 Å². The highest BCUT2D eigenvalue weighted by atomic mass is 16.5. The molecule has 0 amide bonds. The van der Waals surface area contributed by atoms with E-state index in [4.69, 9.17) is 10.00 Å². The molecule has 0 bridgehead atoms. The molecule has 1 N–H and O–H groups in total. The summed E-state index contributed by atoms with van der Waals surface area (Å²) in [5, 5.41) is 19.9. The molecule has 0 aliphatic carbocycles. The molecule has 5 rings (SSSR count). The van der Waals surface area contributed by atoms with Crippen molar-refractivity contribution in [2.45, 2.75) is 44.8 Å². The fourth-order valence-electron chi connectivity index (χ4n) is 5.52. The van der Waals surface area contributed by atoms with Gasteiger partial charge in [0.05, 0.1) is 17.2 Å². The molecule has 172 valence electrons. The van der Waals surface area contributed by atoms with E-state index < -0.39 is 6.10 Å². The van der Waals surface area contributed by atoms with E-state index in [9.17, 15) is 9.90 Å². The number of fused-ring (bicyclic) bond motifs is 1. The molecule has 7 nitrogen and oxygen atoms in total. The van der Waals surface area contributed by atoms with E-state index in [1.165, 1.54) is 0 Å². The molecule has 3 aliphatic heterocycles. The zero-order valence-corrected chi connectivity index (χ0v) is 19.0. The summed E-state index contributed by atoms with van der Waals surface area (Å²) in [6, 6.07) is 11.5. The number of esters is 1. The van der Waals surface area contributed by atoms with Crippen LogP contribution < -0.4 is 4.90 Å². The number of nitrogens with zero attached hydrogens (tertiary/aromatic N) is 4. The minimum absolute atomic E-state index is 0.124. The van der Waals surface area contributed by atoms with Crippen molar-refractivity contribution >= 4 is 11.8 Å². The van der Waals surface area contributed by atoms with Gasteiger partial charge in [0, 0.05) is 32.3 Å². The number of hydrogen-bond acceptors (Lipinski definition) is 7. The van der Waals surface area contributed by atoms with Crippen molar-refractivity contribution in [1.29, 1.82) is 5.26 Å². The number of cyclic esters (lactones) is 1. The molecule has 0 saturated carbocycles. The van der Waals surface area contributed by atoms with Crippen molar-refractivity contribution in [3.05, 3.63) is 58.8 Å². The summed E-state index contributed by atoms with van der Waals surface area (Å²) in [7, 11) is 0. The first-order valence-electron chi connectivity index (χ1n) is 11.8. The van der Waals surface area contributed by atoms with E-state index in [2.05, 4.69) is 20.9 Å². The van der Waals surface area contributed by atoms with Crippen LogP contribution in [0.4, 0.5) is 5.82 Å². The molecule has 2 atom stereocenters. The lowest BCUT2D eigenvalue weighted by atomic mass is 9.77. The van der Waals surface area contributed by atoms with Crippen molar-refractivity contribution in [2.75, 3.05) is 37.6 Å². The predicted molar refractivity (Wildman–Crippen MR) is 124 cm³/mol. The standard InChI is InChI=1S/C26H30N4O3/c1-18-12-21-13-20(3-4-22(21)25(32)33-18)23(31)16-29-9-6-26(7-10-29)8-11-30(17-26)24-5-2-19(14-27)15-28-24/h2-5,13,15,18,23,31H,6-12,16-17H2,1H3. The van der Waals surface area contributed by atoms with Gasteiger partial charge in [-0.1, -0.05) is 12.1 Å². The molecule has 4 heterocycles. The zero-order chi connectivity index (χ0) is 23.0. The minimum atomic E-state index is -0.569. The summed E-state index contributed by atoms with van der Waals surface area (Å²) in [5.41, 5.74) is 3.35. The van der Waals surface area contributed by atoms with Gasteiger partial charge in [-0.2, -0.15) is 5.26 Å². The lowest BCUT2D eigenvalue weighted by molar-refractivity contribution is 0.0300. The number of aliphatic hydroxyl groups is 1. The van der Waals surface area contributed by atoms with Crippen LogP contribution >= 0.6 is 0 Å². The smallest absolute Gasteiger partial charge is 0.338 e. The number of likely N-dealkylation sites (tertiary alicyclic amines) is 1. The van der Waals surface area contributed by atoms with E-state index in [-0.39, 0.29) is 12.1 Å². The Morgan fingerprint density at radius 3 is 2.76 bits per heavy atom. The molecule has 3 aliphatic rings. The summed E-state index contributed by atoms with van der Waals surface area (Å²) in [5.74, 6) is 0.683. The molecule has 2 fully saturated rings. The summed E-state index contributed by atoms with van der Waals surface area (Å²) < 4.78 is 5.30. The number of hydrogen-bond donors (Lipinski definition) is 1. The fourth-order valence-corrected chi connectivity index (χ4v) is 5.52. The number of benzene rings is 1. The molecule has 1 aromatic carbocycles. The maximum atomic E-state index is 12.0. The van der Waals surface area contributed by atoms with Gasteiger partial charge in [-0.25, -0.2) is 9.78 Å². The summed E-state index contributed by atoms with van der Waals surface area (Å²) >= 11 is 0. The van der Waals surface area contributed by atoms with Gasteiger partial charge in [-0.3, -0.25) is 0 Å². The van der Waals surface area contributed by atoms with Crippen LogP contribution in [0.5, 0.6) is 0 Å². The zero-order valence-electron chi connectivity index (χ0n) is 19.0. The third-order valence-electron chi connectivity index (χ3n) is 7.54. The van der Waals surface area contributed by atoms with Crippen LogP contribution in [-0.4, -0.2) is 59.8 Å². The van der Waals surface area contributed by atoms with Crippen LogP contribution in [0.15, 0.2) is 36.5 Å².